The molecule has 1 saturated carbocycles. The maximum absolute atomic E-state index is 11.9. The van der Waals surface area contributed by atoms with Gasteiger partial charge in [0.15, 0.2) is 0 Å². The number of amides is 2. The lowest BCUT2D eigenvalue weighted by atomic mass is 9.86. The fourth-order valence-corrected chi connectivity index (χ4v) is 2.59. The van der Waals surface area contributed by atoms with E-state index in [1.54, 1.807) is 0 Å². The number of nitrogens with one attached hydrogen (secondary N) is 2. The third-order valence-corrected chi connectivity index (χ3v) is 4.15. The van der Waals surface area contributed by atoms with Gasteiger partial charge in [0.2, 0.25) is 11.8 Å². The second-order valence-corrected chi connectivity index (χ2v) is 5.94. The van der Waals surface area contributed by atoms with Crippen LogP contribution >= 0.6 is 0 Å². The summed E-state index contributed by atoms with van der Waals surface area (Å²) >= 11 is 0. The molecule has 21 heavy (non-hydrogen) atoms. The molecule has 6 heteroatoms. The molecule has 120 valence electrons. The van der Waals surface area contributed by atoms with Crippen LogP contribution in [0.1, 0.15) is 39.0 Å². The summed E-state index contributed by atoms with van der Waals surface area (Å²) in [7, 11) is 0. The Labute approximate surface area is 125 Å². The van der Waals surface area contributed by atoms with Crippen LogP contribution in [0.3, 0.4) is 0 Å². The summed E-state index contributed by atoms with van der Waals surface area (Å²) in [5, 5.41) is 5.63. The van der Waals surface area contributed by atoms with Gasteiger partial charge in [-0.05, 0) is 25.2 Å². The van der Waals surface area contributed by atoms with Gasteiger partial charge in [-0.25, -0.2) is 0 Å². The Hall–Kier alpha value is -1.14. The van der Waals surface area contributed by atoms with Gasteiger partial charge in [0.1, 0.15) is 6.10 Å². The first-order valence-corrected chi connectivity index (χ1v) is 7.88. The van der Waals surface area contributed by atoms with Crippen molar-refractivity contribution < 1.29 is 19.1 Å². The van der Waals surface area contributed by atoms with Crippen LogP contribution in [0.2, 0.25) is 0 Å². The van der Waals surface area contributed by atoms with Crippen molar-refractivity contribution in [2.45, 2.75) is 51.2 Å². The number of carbonyl (C=O) groups is 2. The van der Waals surface area contributed by atoms with Gasteiger partial charge in [-0.3, -0.25) is 9.59 Å². The first kappa shape index (κ1) is 16.2. The Morgan fingerprint density at radius 3 is 2.76 bits per heavy atom. The van der Waals surface area contributed by atoms with Crippen LogP contribution in [0.5, 0.6) is 0 Å². The van der Waals surface area contributed by atoms with Crippen molar-refractivity contribution >= 4 is 11.8 Å². The zero-order valence-electron chi connectivity index (χ0n) is 12.7. The predicted octanol–water partition coefficient (Wildman–Crippen LogP) is 0.603. The molecule has 1 heterocycles. The minimum Gasteiger partial charge on any atom is -0.379 e. The van der Waals surface area contributed by atoms with Gasteiger partial charge >= 0.3 is 0 Å². The third kappa shape index (κ3) is 5.63. The Bertz CT molecular complexity index is 358. The van der Waals surface area contributed by atoms with E-state index in [4.69, 9.17) is 9.47 Å². The highest BCUT2D eigenvalue weighted by molar-refractivity contribution is 5.78. The van der Waals surface area contributed by atoms with Crippen LogP contribution in [0.25, 0.3) is 0 Å². The second-order valence-electron chi connectivity index (χ2n) is 5.94. The van der Waals surface area contributed by atoms with Crippen LogP contribution in [0, 0.1) is 5.92 Å². The van der Waals surface area contributed by atoms with Crippen LogP contribution < -0.4 is 10.6 Å². The van der Waals surface area contributed by atoms with Gasteiger partial charge in [0.25, 0.3) is 0 Å². The maximum atomic E-state index is 11.9. The average molecular weight is 298 g/mol. The fourth-order valence-electron chi connectivity index (χ4n) is 2.59. The number of hydrogen-bond acceptors (Lipinski definition) is 4. The highest BCUT2D eigenvalue weighted by atomic mass is 16.5. The van der Waals surface area contributed by atoms with E-state index in [1.165, 1.54) is 26.2 Å². The van der Waals surface area contributed by atoms with E-state index in [-0.39, 0.29) is 24.0 Å². The lowest BCUT2D eigenvalue weighted by molar-refractivity contribution is -0.127. The van der Waals surface area contributed by atoms with Crippen LogP contribution in [0.4, 0.5) is 0 Å². The molecule has 1 aliphatic heterocycles. The first-order valence-electron chi connectivity index (χ1n) is 7.88. The molecular weight excluding hydrogens is 272 g/mol. The molecule has 2 atom stereocenters. The van der Waals surface area contributed by atoms with Crippen molar-refractivity contribution in [2.75, 3.05) is 26.4 Å². The third-order valence-electron chi connectivity index (χ3n) is 4.15. The summed E-state index contributed by atoms with van der Waals surface area (Å²) < 4.78 is 11.4. The van der Waals surface area contributed by atoms with E-state index in [0.29, 0.717) is 32.1 Å². The van der Waals surface area contributed by atoms with Crippen molar-refractivity contribution in [3.05, 3.63) is 0 Å². The van der Waals surface area contributed by atoms with E-state index < -0.39 is 0 Å². The molecule has 0 aromatic heterocycles. The van der Waals surface area contributed by atoms with Gasteiger partial charge in [-0.2, -0.15) is 0 Å². The van der Waals surface area contributed by atoms with Gasteiger partial charge in [0.05, 0.1) is 12.6 Å². The van der Waals surface area contributed by atoms with Gasteiger partial charge < -0.3 is 20.1 Å². The minimum absolute atomic E-state index is 0.0173. The number of rotatable bonds is 7. The highest BCUT2D eigenvalue weighted by Crippen LogP contribution is 2.27. The molecule has 0 aromatic carbocycles. The van der Waals surface area contributed by atoms with Gasteiger partial charge in [-0.15, -0.1) is 0 Å². The number of hydrogen-bond donors (Lipinski definition) is 2. The SMILES string of the molecule is CC(=O)NCCC(=O)N[C@@H]1CCOC[C@H]1OCC1CCC1. The monoisotopic (exact) mass is 298 g/mol. The molecule has 2 rings (SSSR count). The first-order chi connectivity index (χ1) is 10.1. The van der Waals surface area contributed by atoms with E-state index in [0.717, 1.165) is 13.0 Å². The molecule has 0 aromatic rings. The highest BCUT2D eigenvalue weighted by Gasteiger charge is 2.29. The van der Waals surface area contributed by atoms with E-state index in [2.05, 4.69) is 10.6 Å². The standard InChI is InChI=1S/C15H26N2O4/c1-11(18)16-7-5-15(19)17-13-6-8-20-10-14(13)21-9-12-3-2-4-12/h12-14H,2-10H2,1H3,(H,16,18)(H,17,19)/t13-,14-/m1/s1. The molecule has 2 amide bonds. The summed E-state index contributed by atoms with van der Waals surface area (Å²) in [6, 6.07) is 0.0173. The van der Waals surface area contributed by atoms with Crippen molar-refractivity contribution in [1.82, 2.24) is 10.6 Å². The molecule has 2 N–H and O–H groups in total. The van der Waals surface area contributed by atoms with Crippen LogP contribution in [-0.2, 0) is 19.1 Å². The Balaban J connectivity index is 1.69. The molecule has 0 spiro atoms. The quantitative estimate of drug-likeness (QED) is 0.722. The smallest absolute Gasteiger partial charge is 0.222 e. The summed E-state index contributed by atoms with van der Waals surface area (Å²) in [5.41, 5.74) is 0. The molecule has 0 unspecified atom stereocenters. The minimum atomic E-state index is -0.115. The molecule has 6 nitrogen and oxygen atoms in total. The van der Waals surface area contributed by atoms with E-state index in [9.17, 15) is 9.59 Å². The molecule has 1 saturated heterocycles. The lowest BCUT2D eigenvalue weighted by Gasteiger charge is -2.34. The van der Waals surface area contributed by atoms with Gasteiger partial charge in [0, 0.05) is 33.1 Å². The second kappa shape index (κ2) is 8.34. The Morgan fingerprint density at radius 1 is 1.29 bits per heavy atom. The largest absolute Gasteiger partial charge is 0.379 e. The summed E-state index contributed by atoms with van der Waals surface area (Å²) in [6.45, 7) is 3.79. The zero-order valence-corrected chi connectivity index (χ0v) is 12.7. The maximum Gasteiger partial charge on any atom is 0.222 e. The molecular formula is C15H26N2O4. The van der Waals surface area contributed by atoms with E-state index >= 15 is 0 Å². The molecule has 2 aliphatic rings. The summed E-state index contributed by atoms with van der Waals surface area (Å²) in [6.07, 6.45) is 4.83. The van der Waals surface area contributed by atoms with Crippen molar-refractivity contribution in [2.24, 2.45) is 5.92 Å². The van der Waals surface area contributed by atoms with Crippen LogP contribution in [-0.4, -0.2) is 50.3 Å². The van der Waals surface area contributed by atoms with Crippen molar-refractivity contribution in [3.63, 3.8) is 0 Å². The molecule has 1 aliphatic carbocycles. The summed E-state index contributed by atoms with van der Waals surface area (Å²) in [4.78, 5) is 22.7. The van der Waals surface area contributed by atoms with E-state index in [1.807, 2.05) is 0 Å². The van der Waals surface area contributed by atoms with Crippen molar-refractivity contribution in [1.29, 1.82) is 0 Å². The molecule has 0 radical (unpaired) electrons. The molecule has 0 bridgehead atoms. The summed E-state index contributed by atoms with van der Waals surface area (Å²) in [5.74, 6) is 0.520. The number of carbonyl (C=O) groups excluding carboxylic acids is 2. The zero-order chi connectivity index (χ0) is 15.1. The van der Waals surface area contributed by atoms with Gasteiger partial charge in [-0.1, -0.05) is 6.42 Å². The van der Waals surface area contributed by atoms with Crippen molar-refractivity contribution in [3.8, 4) is 0 Å². The fraction of sp³-hybridized carbons (Fsp3) is 0.867. The Morgan fingerprint density at radius 2 is 2.10 bits per heavy atom. The Kier molecular flexibility index (Phi) is 6.45. The average Bonchev–Trinajstić information content (AvgIpc) is 2.38. The molecule has 2 fully saturated rings. The normalized spacial score (nSPS) is 26.0. The number of ether oxygens (including phenoxy) is 2. The van der Waals surface area contributed by atoms with Crippen LogP contribution in [0.15, 0.2) is 0 Å². The predicted molar refractivity (Wildman–Crippen MR) is 77.7 cm³/mol. The topological polar surface area (TPSA) is 76.7 Å². The lowest BCUT2D eigenvalue weighted by Crippen LogP contribution is -2.50.